The quantitative estimate of drug-likeness (QED) is 0.388. The Balaban J connectivity index is 1.66. The molecular weight excluding hydrogens is 416 g/mol. The van der Waals surface area contributed by atoms with Gasteiger partial charge in [-0.25, -0.2) is 0 Å². The lowest BCUT2D eigenvalue weighted by atomic mass is 10.1. The molecular formula is C22H24N4O2S2. The highest BCUT2D eigenvalue weighted by atomic mass is 32.2. The summed E-state index contributed by atoms with van der Waals surface area (Å²) in [5, 5.41) is 10.1. The highest BCUT2D eigenvalue weighted by molar-refractivity contribution is 8.00. The van der Waals surface area contributed by atoms with Crippen LogP contribution in [0.4, 0.5) is 0 Å². The molecule has 0 radical (unpaired) electrons. The number of thioether (sulfide) groups is 1. The lowest BCUT2D eigenvalue weighted by Gasteiger charge is -2.12. The molecule has 2 aromatic carbocycles. The van der Waals surface area contributed by atoms with Crippen molar-refractivity contribution in [3.8, 4) is 0 Å². The molecule has 4 aromatic rings. The third kappa shape index (κ3) is 4.20. The Morgan fingerprint density at radius 3 is 2.53 bits per heavy atom. The molecule has 0 amide bonds. The molecule has 0 saturated carbocycles. The Bertz CT molecular complexity index is 1250. The molecule has 1 unspecified atom stereocenters. The molecule has 6 nitrogen and oxygen atoms in total. The van der Waals surface area contributed by atoms with Crippen molar-refractivity contribution in [1.82, 2.24) is 19.2 Å². The van der Waals surface area contributed by atoms with Crippen LogP contribution in [0.5, 0.6) is 0 Å². The molecule has 30 heavy (non-hydrogen) atoms. The van der Waals surface area contributed by atoms with E-state index in [-0.39, 0.29) is 5.56 Å². The standard InChI is InChI=1S/C22H24N4O2S2/c1-16(2)12-13-25-20(27)18-10-6-7-11-19(18)26-21(25)23-24-22(26)29-14-15-30(28)17-8-4-3-5-9-17/h3-11,16H,12-15H2,1-2H3. The number of hydrogen-bond acceptors (Lipinski definition) is 5. The zero-order valence-electron chi connectivity index (χ0n) is 17.0. The molecule has 2 aromatic heterocycles. The summed E-state index contributed by atoms with van der Waals surface area (Å²) in [5.41, 5.74) is 0.767. The normalized spacial score (nSPS) is 12.8. The molecule has 0 aliphatic carbocycles. The third-order valence-electron chi connectivity index (χ3n) is 4.91. The minimum atomic E-state index is -1.06. The van der Waals surface area contributed by atoms with E-state index in [9.17, 15) is 9.00 Å². The van der Waals surface area contributed by atoms with Crippen LogP contribution in [-0.2, 0) is 17.3 Å². The maximum Gasteiger partial charge on any atom is 0.262 e. The van der Waals surface area contributed by atoms with Gasteiger partial charge in [0.2, 0.25) is 5.78 Å². The Kier molecular flexibility index (Phi) is 6.34. The first-order valence-electron chi connectivity index (χ1n) is 9.99. The van der Waals surface area contributed by atoms with E-state index in [1.807, 2.05) is 59.0 Å². The lowest BCUT2D eigenvalue weighted by molar-refractivity contribution is 0.512. The molecule has 0 N–H and O–H groups in total. The first kappa shape index (κ1) is 20.8. The SMILES string of the molecule is CC(C)CCn1c(=O)c2ccccc2n2c(SCCS(=O)c3ccccc3)nnc12. The summed E-state index contributed by atoms with van der Waals surface area (Å²) in [4.78, 5) is 13.9. The smallest absolute Gasteiger partial charge is 0.262 e. The summed E-state index contributed by atoms with van der Waals surface area (Å²) in [5.74, 6) is 2.20. The van der Waals surface area contributed by atoms with Crippen LogP contribution in [-0.4, -0.2) is 34.9 Å². The minimum absolute atomic E-state index is 0.0344. The van der Waals surface area contributed by atoms with E-state index in [0.717, 1.165) is 16.8 Å². The zero-order chi connectivity index (χ0) is 21.1. The Morgan fingerprint density at radius 2 is 1.77 bits per heavy atom. The van der Waals surface area contributed by atoms with Crippen molar-refractivity contribution in [1.29, 1.82) is 0 Å². The number of aryl methyl sites for hydroxylation is 1. The number of hydrogen-bond donors (Lipinski definition) is 0. The molecule has 0 aliphatic heterocycles. The maximum atomic E-state index is 13.1. The molecule has 0 bridgehead atoms. The van der Waals surface area contributed by atoms with Gasteiger partial charge >= 0.3 is 0 Å². The molecule has 0 spiro atoms. The largest absolute Gasteiger partial charge is 0.276 e. The Labute approximate surface area is 181 Å². The van der Waals surface area contributed by atoms with Crippen LogP contribution in [0.25, 0.3) is 16.7 Å². The fourth-order valence-electron chi connectivity index (χ4n) is 3.31. The number of benzene rings is 2. The monoisotopic (exact) mass is 440 g/mol. The predicted molar refractivity (Wildman–Crippen MR) is 123 cm³/mol. The molecule has 1 atom stereocenters. The fourth-order valence-corrected chi connectivity index (χ4v) is 5.54. The Morgan fingerprint density at radius 1 is 1.03 bits per heavy atom. The number of nitrogens with zero attached hydrogens (tertiary/aromatic N) is 4. The first-order chi connectivity index (χ1) is 14.6. The molecule has 4 rings (SSSR count). The van der Waals surface area contributed by atoms with Crippen molar-refractivity contribution in [3.63, 3.8) is 0 Å². The van der Waals surface area contributed by atoms with Crippen molar-refractivity contribution < 1.29 is 4.21 Å². The van der Waals surface area contributed by atoms with E-state index >= 15 is 0 Å². The number of rotatable bonds is 8. The van der Waals surface area contributed by atoms with Gasteiger partial charge in [-0.2, -0.15) is 0 Å². The number of para-hydroxylation sites is 1. The van der Waals surface area contributed by atoms with Crippen LogP contribution in [0.2, 0.25) is 0 Å². The number of fused-ring (bicyclic) bond motifs is 3. The molecule has 156 valence electrons. The summed E-state index contributed by atoms with van der Waals surface area (Å²) >= 11 is 1.51. The van der Waals surface area contributed by atoms with E-state index in [1.165, 1.54) is 11.8 Å². The average molecular weight is 441 g/mol. The van der Waals surface area contributed by atoms with E-state index in [2.05, 4.69) is 24.0 Å². The van der Waals surface area contributed by atoms with Gasteiger partial charge < -0.3 is 0 Å². The van der Waals surface area contributed by atoms with Gasteiger partial charge in [0.1, 0.15) is 0 Å². The zero-order valence-corrected chi connectivity index (χ0v) is 18.7. The second kappa shape index (κ2) is 9.14. The second-order valence-electron chi connectivity index (χ2n) is 7.49. The van der Waals surface area contributed by atoms with E-state index in [0.29, 0.717) is 40.3 Å². The van der Waals surface area contributed by atoms with Gasteiger partial charge in [0, 0.05) is 22.9 Å². The molecule has 0 aliphatic rings. The molecule has 0 saturated heterocycles. The summed E-state index contributed by atoms with van der Waals surface area (Å²) in [7, 11) is -1.06. The van der Waals surface area contributed by atoms with Crippen LogP contribution >= 0.6 is 11.8 Å². The highest BCUT2D eigenvalue weighted by Gasteiger charge is 2.17. The second-order valence-corrected chi connectivity index (χ2v) is 10.1. The summed E-state index contributed by atoms with van der Waals surface area (Å²) in [6.45, 7) is 4.88. The van der Waals surface area contributed by atoms with Crippen molar-refractivity contribution in [3.05, 3.63) is 65.0 Å². The molecule has 2 heterocycles. The predicted octanol–water partition coefficient (Wildman–Crippen LogP) is 3.99. The Hall–Kier alpha value is -2.45. The van der Waals surface area contributed by atoms with E-state index in [4.69, 9.17) is 0 Å². The fraction of sp³-hybridized carbons (Fsp3) is 0.318. The topological polar surface area (TPSA) is 69.3 Å². The van der Waals surface area contributed by atoms with Crippen molar-refractivity contribution in [2.24, 2.45) is 5.92 Å². The summed E-state index contributed by atoms with van der Waals surface area (Å²) in [6, 6.07) is 17.0. The van der Waals surface area contributed by atoms with Gasteiger partial charge in [0.25, 0.3) is 5.56 Å². The molecule has 8 heteroatoms. The first-order valence-corrected chi connectivity index (χ1v) is 12.3. The van der Waals surface area contributed by atoms with Gasteiger partial charge in [0.15, 0.2) is 5.16 Å². The van der Waals surface area contributed by atoms with Gasteiger partial charge in [0.05, 0.1) is 21.7 Å². The van der Waals surface area contributed by atoms with Crippen molar-refractivity contribution >= 4 is 39.2 Å². The summed E-state index contributed by atoms with van der Waals surface area (Å²) in [6.07, 6.45) is 0.888. The van der Waals surface area contributed by atoms with Crippen molar-refractivity contribution in [2.75, 3.05) is 11.5 Å². The van der Waals surface area contributed by atoms with Gasteiger partial charge in [-0.05, 0) is 36.6 Å². The van der Waals surface area contributed by atoms with Gasteiger partial charge in [-0.3, -0.25) is 18.0 Å². The van der Waals surface area contributed by atoms with Gasteiger partial charge in [-0.1, -0.05) is 55.9 Å². The average Bonchev–Trinajstić information content (AvgIpc) is 3.18. The van der Waals surface area contributed by atoms with Crippen LogP contribution in [0, 0.1) is 5.92 Å². The number of aromatic nitrogens is 4. The van der Waals surface area contributed by atoms with E-state index < -0.39 is 10.8 Å². The highest BCUT2D eigenvalue weighted by Crippen LogP contribution is 2.22. The van der Waals surface area contributed by atoms with Gasteiger partial charge in [-0.15, -0.1) is 10.2 Å². The third-order valence-corrected chi connectivity index (χ3v) is 7.48. The summed E-state index contributed by atoms with van der Waals surface area (Å²) < 4.78 is 16.2. The van der Waals surface area contributed by atoms with Crippen LogP contribution in [0.3, 0.4) is 0 Å². The van der Waals surface area contributed by atoms with Crippen LogP contribution in [0.1, 0.15) is 20.3 Å². The molecule has 0 fully saturated rings. The maximum absolute atomic E-state index is 13.1. The lowest BCUT2D eigenvalue weighted by Crippen LogP contribution is -2.24. The van der Waals surface area contributed by atoms with E-state index in [1.54, 1.807) is 4.57 Å². The minimum Gasteiger partial charge on any atom is -0.276 e. The van der Waals surface area contributed by atoms with Crippen LogP contribution < -0.4 is 5.56 Å². The van der Waals surface area contributed by atoms with Crippen LogP contribution in [0.15, 0.2) is 69.4 Å². The van der Waals surface area contributed by atoms with Crippen molar-refractivity contribution in [2.45, 2.75) is 36.9 Å².